The standard InChI is InChI=1S/C18H17NO4/c20-18(6-4-15-2-1-9-21-15)19-8-7-14(11-19)13-3-5-16-17(10-13)23-12-22-16/h1-6,9-10,14H,7-8,11-12H2/b6-4+/t14-/m0/s1. The second-order valence-corrected chi connectivity index (χ2v) is 5.73. The number of carbonyl (C=O) groups excluding carboxylic acids is 1. The van der Waals surface area contributed by atoms with Crippen LogP contribution in [0.5, 0.6) is 11.5 Å². The van der Waals surface area contributed by atoms with E-state index in [0.717, 1.165) is 31.0 Å². The molecule has 5 nitrogen and oxygen atoms in total. The van der Waals surface area contributed by atoms with Crippen LogP contribution < -0.4 is 9.47 Å². The predicted molar refractivity (Wildman–Crippen MR) is 84.2 cm³/mol. The van der Waals surface area contributed by atoms with Crippen molar-refractivity contribution in [3.63, 3.8) is 0 Å². The zero-order valence-corrected chi connectivity index (χ0v) is 12.6. The first-order chi connectivity index (χ1) is 11.3. The minimum absolute atomic E-state index is 0.0182. The molecule has 1 aromatic heterocycles. The molecule has 118 valence electrons. The molecule has 23 heavy (non-hydrogen) atoms. The maximum Gasteiger partial charge on any atom is 0.246 e. The summed E-state index contributed by atoms with van der Waals surface area (Å²) in [6, 6.07) is 9.66. The van der Waals surface area contributed by atoms with Crippen LogP contribution in [0, 0.1) is 0 Å². The summed E-state index contributed by atoms with van der Waals surface area (Å²) in [4.78, 5) is 14.1. The first kappa shape index (κ1) is 13.9. The van der Waals surface area contributed by atoms with Gasteiger partial charge in [-0.1, -0.05) is 6.07 Å². The van der Waals surface area contributed by atoms with Gasteiger partial charge in [0.2, 0.25) is 12.7 Å². The molecule has 1 atom stereocenters. The Morgan fingerprint density at radius 2 is 2.13 bits per heavy atom. The summed E-state index contributed by atoms with van der Waals surface area (Å²) in [6.07, 6.45) is 5.83. The van der Waals surface area contributed by atoms with Crippen molar-refractivity contribution in [2.45, 2.75) is 12.3 Å². The minimum Gasteiger partial charge on any atom is -0.465 e. The van der Waals surface area contributed by atoms with Crippen LogP contribution in [0.25, 0.3) is 6.08 Å². The van der Waals surface area contributed by atoms with E-state index in [4.69, 9.17) is 13.9 Å². The molecule has 2 aliphatic heterocycles. The maximum atomic E-state index is 12.3. The normalized spacial score (nSPS) is 19.7. The monoisotopic (exact) mass is 311 g/mol. The fourth-order valence-electron chi connectivity index (χ4n) is 3.04. The summed E-state index contributed by atoms with van der Waals surface area (Å²) in [6.45, 7) is 1.77. The number of fused-ring (bicyclic) bond motifs is 1. The SMILES string of the molecule is O=C(/C=C/c1ccco1)N1CC[C@H](c2ccc3c(c2)OCO3)C1. The molecule has 1 aromatic carbocycles. The lowest BCUT2D eigenvalue weighted by Gasteiger charge is -2.14. The Balaban J connectivity index is 1.41. The largest absolute Gasteiger partial charge is 0.465 e. The zero-order valence-electron chi connectivity index (χ0n) is 12.6. The first-order valence-electron chi connectivity index (χ1n) is 7.69. The number of amides is 1. The van der Waals surface area contributed by atoms with Gasteiger partial charge in [-0.3, -0.25) is 4.79 Å². The molecule has 0 saturated carbocycles. The first-order valence-corrected chi connectivity index (χ1v) is 7.69. The Morgan fingerprint density at radius 1 is 1.22 bits per heavy atom. The maximum absolute atomic E-state index is 12.3. The van der Waals surface area contributed by atoms with E-state index >= 15 is 0 Å². The summed E-state index contributed by atoms with van der Waals surface area (Å²) >= 11 is 0. The molecule has 4 rings (SSSR count). The third-order valence-electron chi connectivity index (χ3n) is 4.30. The van der Waals surface area contributed by atoms with Gasteiger partial charge in [-0.15, -0.1) is 0 Å². The molecule has 1 saturated heterocycles. The molecule has 1 amide bonds. The van der Waals surface area contributed by atoms with Gasteiger partial charge in [0.05, 0.1) is 6.26 Å². The number of benzene rings is 1. The Bertz CT molecular complexity index is 735. The smallest absolute Gasteiger partial charge is 0.246 e. The Kier molecular flexibility index (Phi) is 3.54. The zero-order chi connectivity index (χ0) is 15.6. The third kappa shape index (κ3) is 2.82. The molecule has 5 heteroatoms. The van der Waals surface area contributed by atoms with Gasteiger partial charge in [-0.2, -0.15) is 0 Å². The highest BCUT2D eigenvalue weighted by Gasteiger charge is 2.27. The van der Waals surface area contributed by atoms with E-state index in [-0.39, 0.29) is 12.7 Å². The van der Waals surface area contributed by atoms with Crippen LogP contribution in [0.3, 0.4) is 0 Å². The molecule has 0 N–H and O–H groups in total. The van der Waals surface area contributed by atoms with Crippen LogP contribution in [0.1, 0.15) is 23.7 Å². The molecular weight excluding hydrogens is 294 g/mol. The van der Waals surface area contributed by atoms with Crippen molar-refractivity contribution in [1.82, 2.24) is 4.90 Å². The summed E-state index contributed by atoms with van der Waals surface area (Å²) in [5.41, 5.74) is 1.19. The second-order valence-electron chi connectivity index (χ2n) is 5.73. The molecule has 2 aliphatic rings. The van der Waals surface area contributed by atoms with Crippen molar-refractivity contribution in [2.24, 2.45) is 0 Å². The average Bonchev–Trinajstić information content (AvgIpc) is 3.32. The molecule has 2 aromatic rings. The van der Waals surface area contributed by atoms with E-state index in [0.29, 0.717) is 11.7 Å². The van der Waals surface area contributed by atoms with Crippen molar-refractivity contribution < 1.29 is 18.7 Å². The number of hydrogen-bond donors (Lipinski definition) is 0. The summed E-state index contributed by atoms with van der Waals surface area (Å²) in [5, 5.41) is 0. The van der Waals surface area contributed by atoms with E-state index in [1.54, 1.807) is 24.5 Å². The van der Waals surface area contributed by atoms with Crippen LogP contribution >= 0.6 is 0 Å². The molecule has 0 spiro atoms. The van der Waals surface area contributed by atoms with Crippen molar-refractivity contribution in [3.8, 4) is 11.5 Å². The van der Waals surface area contributed by atoms with Gasteiger partial charge >= 0.3 is 0 Å². The predicted octanol–water partition coefficient (Wildman–Crippen LogP) is 3.04. The quantitative estimate of drug-likeness (QED) is 0.818. The summed E-state index contributed by atoms with van der Waals surface area (Å²) in [5.74, 6) is 2.63. The second kappa shape index (κ2) is 5.83. The van der Waals surface area contributed by atoms with Crippen molar-refractivity contribution in [1.29, 1.82) is 0 Å². The number of ether oxygens (including phenoxy) is 2. The number of hydrogen-bond acceptors (Lipinski definition) is 4. The number of furan rings is 1. The Labute approximate surface area is 134 Å². The molecule has 0 aliphatic carbocycles. The lowest BCUT2D eigenvalue weighted by atomic mass is 9.98. The van der Waals surface area contributed by atoms with Crippen molar-refractivity contribution in [3.05, 3.63) is 54.0 Å². The molecule has 1 fully saturated rings. The van der Waals surface area contributed by atoms with Gasteiger partial charge in [-0.05, 0) is 42.3 Å². The van der Waals surface area contributed by atoms with Gasteiger partial charge in [-0.25, -0.2) is 0 Å². The molecule has 0 bridgehead atoms. The number of carbonyl (C=O) groups is 1. The fraction of sp³-hybridized carbons (Fsp3) is 0.278. The van der Waals surface area contributed by atoms with Crippen LogP contribution in [0.15, 0.2) is 47.1 Å². The lowest BCUT2D eigenvalue weighted by molar-refractivity contribution is -0.124. The Morgan fingerprint density at radius 3 is 3.00 bits per heavy atom. The van der Waals surface area contributed by atoms with Crippen molar-refractivity contribution in [2.75, 3.05) is 19.9 Å². The lowest BCUT2D eigenvalue weighted by Crippen LogP contribution is -2.26. The van der Waals surface area contributed by atoms with Crippen molar-refractivity contribution >= 4 is 12.0 Å². The number of nitrogens with zero attached hydrogens (tertiary/aromatic N) is 1. The molecule has 3 heterocycles. The van der Waals surface area contributed by atoms with E-state index in [1.165, 1.54) is 5.56 Å². The topological polar surface area (TPSA) is 51.9 Å². The van der Waals surface area contributed by atoms with E-state index < -0.39 is 0 Å². The van der Waals surface area contributed by atoms with Crippen LogP contribution in [0.2, 0.25) is 0 Å². The fourth-order valence-corrected chi connectivity index (χ4v) is 3.04. The molecule has 0 unspecified atom stereocenters. The summed E-state index contributed by atoms with van der Waals surface area (Å²) in [7, 11) is 0. The average molecular weight is 311 g/mol. The highest BCUT2D eigenvalue weighted by Crippen LogP contribution is 2.37. The van der Waals surface area contributed by atoms with Gasteiger partial charge in [0, 0.05) is 25.1 Å². The number of rotatable bonds is 3. The molecule has 0 radical (unpaired) electrons. The Hall–Kier alpha value is -2.69. The van der Waals surface area contributed by atoms with E-state index in [9.17, 15) is 4.79 Å². The van der Waals surface area contributed by atoms with Crippen LogP contribution in [-0.4, -0.2) is 30.7 Å². The van der Waals surface area contributed by atoms with Crippen LogP contribution in [0.4, 0.5) is 0 Å². The van der Waals surface area contributed by atoms with Gasteiger partial charge in [0.1, 0.15) is 5.76 Å². The van der Waals surface area contributed by atoms with Gasteiger partial charge in [0.15, 0.2) is 11.5 Å². The highest BCUT2D eigenvalue weighted by atomic mass is 16.7. The minimum atomic E-state index is 0.0182. The molecular formula is C18H17NO4. The van der Waals surface area contributed by atoms with Gasteiger partial charge in [0.25, 0.3) is 0 Å². The highest BCUT2D eigenvalue weighted by molar-refractivity contribution is 5.91. The van der Waals surface area contributed by atoms with Gasteiger partial charge < -0.3 is 18.8 Å². The van der Waals surface area contributed by atoms with E-state index in [1.807, 2.05) is 23.1 Å². The summed E-state index contributed by atoms with van der Waals surface area (Å²) < 4.78 is 16.0. The van der Waals surface area contributed by atoms with E-state index in [2.05, 4.69) is 6.07 Å². The van der Waals surface area contributed by atoms with Crippen LogP contribution in [-0.2, 0) is 4.79 Å². The number of likely N-dealkylation sites (tertiary alicyclic amines) is 1. The third-order valence-corrected chi connectivity index (χ3v) is 4.30.